The molecule has 0 radical (unpaired) electrons. The molecular formula is C14H22O. The molecule has 1 nitrogen and oxygen atoms in total. The first-order valence-electron chi connectivity index (χ1n) is 5.69. The van der Waals surface area contributed by atoms with Gasteiger partial charge in [-0.3, -0.25) is 0 Å². The molecule has 0 aliphatic heterocycles. The normalized spacial score (nSPS) is 13.9. The van der Waals surface area contributed by atoms with E-state index < -0.39 is 0 Å². The van der Waals surface area contributed by atoms with Crippen molar-refractivity contribution in [1.29, 1.82) is 0 Å². The van der Waals surface area contributed by atoms with Gasteiger partial charge in [0.1, 0.15) is 5.75 Å². The summed E-state index contributed by atoms with van der Waals surface area (Å²) in [6.07, 6.45) is 1.10. The predicted molar refractivity (Wildman–Crippen MR) is 65.5 cm³/mol. The summed E-state index contributed by atoms with van der Waals surface area (Å²) in [5.74, 6) is 0.899. The second-order valence-electron chi connectivity index (χ2n) is 5.37. The van der Waals surface area contributed by atoms with E-state index in [0.717, 1.165) is 6.42 Å². The minimum atomic E-state index is 0.0982. The van der Waals surface area contributed by atoms with Crippen LogP contribution in [0.3, 0.4) is 0 Å². The van der Waals surface area contributed by atoms with Gasteiger partial charge in [0.15, 0.2) is 0 Å². The summed E-state index contributed by atoms with van der Waals surface area (Å²) in [4.78, 5) is 0. The predicted octanol–water partition coefficient (Wildman–Crippen LogP) is 4.20. The van der Waals surface area contributed by atoms with E-state index in [1.165, 1.54) is 11.1 Å². The number of rotatable bonds is 2. The second kappa shape index (κ2) is 4.26. The van der Waals surface area contributed by atoms with Crippen LogP contribution in [-0.2, 0) is 5.41 Å². The molecule has 0 aliphatic rings. The molecular weight excluding hydrogens is 184 g/mol. The van der Waals surface area contributed by atoms with Crippen molar-refractivity contribution >= 4 is 0 Å². The molecule has 0 saturated heterocycles. The molecule has 84 valence electrons. The molecule has 0 aliphatic carbocycles. The fraction of sp³-hybridized carbons (Fsp3) is 0.571. The van der Waals surface area contributed by atoms with Gasteiger partial charge in [0.05, 0.1) is 0 Å². The SMILES string of the molecule is CCC(C)c1cc(O)cc(C(C)(C)C)c1. The van der Waals surface area contributed by atoms with Gasteiger partial charge >= 0.3 is 0 Å². The summed E-state index contributed by atoms with van der Waals surface area (Å²) >= 11 is 0. The molecule has 0 fully saturated rings. The van der Waals surface area contributed by atoms with Gasteiger partial charge in [0, 0.05) is 0 Å². The lowest BCUT2D eigenvalue weighted by Crippen LogP contribution is -2.11. The summed E-state index contributed by atoms with van der Waals surface area (Å²) in [6.45, 7) is 10.9. The molecule has 0 spiro atoms. The molecule has 1 aromatic carbocycles. The van der Waals surface area contributed by atoms with Crippen LogP contribution < -0.4 is 0 Å². The molecule has 1 rings (SSSR count). The van der Waals surface area contributed by atoms with Gasteiger partial charge in [0.25, 0.3) is 0 Å². The Balaban J connectivity index is 3.17. The number of hydrogen-bond acceptors (Lipinski definition) is 1. The molecule has 0 bridgehead atoms. The third-order valence-electron chi connectivity index (χ3n) is 2.99. The van der Waals surface area contributed by atoms with Crippen LogP contribution >= 0.6 is 0 Å². The van der Waals surface area contributed by atoms with Gasteiger partial charge in [-0.25, -0.2) is 0 Å². The first-order valence-corrected chi connectivity index (χ1v) is 5.69. The average Bonchev–Trinajstić information content (AvgIpc) is 2.14. The fourth-order valence-electron chi connectivity index (χ4n) is 1.59. The van der Waals surface area contributed by atoms with Gasteiger partial charge in [-0.2, -0.15) is 0 Å². The van der Waals surface area contributed by atoms with Gasteiger partial charge in [-0.05, 0) is 41.0 Å². The quantitative estimate of drug-likeness (QED) is 0.768. The summed E-state index contributed by atoms with van der Waals surface area (Å²) < 4.78 is 0. The third-order valence-corrected chi connectivity index (χ3v) is 2.99. The Morgan fingerprint density at radius 1 is 1.20 bits per heavy atom. The Morgan fingerprint density at radius 3 is 2.27 bits per heavy atom. The number of hydrogen-bond donors (Lipinski definition) is 1. The van der Waals surface area contributed by atoms with Crippen LogP contribution in [0.1, 0.15) is 58.1 Å². The highest BCUT2D eigenvalue weighted by molar-refractivity contribution is 5.38. The van der Waals surface area contributed by atoms with Gasteiger partial charge in [0.2, 0.25) is 0 Å². The molecule has 1 atom stereocenters. The highest BCUT2D eigenvalue weighted by atomic mass is 16.3. The Bertz CT molecular complexity index is 334. The Hall–Kier alpha value is -0.980. The molecule has 0 amide bonds. The van der Waals surface area contributed by atoms with E-state index in [1.807, 2.05) is 12.1 Å². The van der Waals surface area contributed by atoms with Crippen molar-refractivity contribution in [2.45, 2.75) is 52.4 Å². The van der Waals surface area contributed by atoms with Crippen molar-refractivity contribution in [1.82, 2.24) is 0 Å². The summed E-state index contributed by atoms with van der Waals surface area (Å²) in [5.41, 5.74) is 2.54. The maximum Gasteiger partial charge on any atom is 0.116 e. The van der Waals surface area contributed by atoms with E-state index >= 15 is 0 Å². The van der Waals surface area contributed by atoms with Crippen LogP contribution in [-0.4, -0.2) is 5.11 Å². The molecule has 1 unspecified atom stereocenters. The zero-order valence-corrected chi connectivity index (χ0v) is 10.5. The van der Waals surface area contributed by atoms with Crippen molar-refractivity contribution in [3.63, 3.8) is 0 Å². The van der Waals surface area contributed by atoms with Crippen molar-refractivity contribution in [3.8, 4) is 5.75 Å². The zero-order valence-electron chi connectivity index (χ0n) is 10.5. The van der Waals surface area contributed by atoms with E-state index in [9.17, 15) is 5.11 Å². The number of aromatic hydroxyl groups is 1. The van der Waals surface area contributed by atoms with Crippen LogP contribution in [0.5, 0.6) is 5.75 Å². The van der Waals surface area contributed by atoms with Crippen LogP contribution in [0.15, 0.2) is 18.2 Å². The number of benzene rings is 1. The first kappa shape index (κ1) is 12.1. The smallest absolute Gasteiger partial charge is 0.116 e. The van der Waals surface area contributed by atoms with E-state index in [1.54, 1.807) is 0 Å². The highest BCUT2D eigenvalue weighted by Gasteiger charge is 2.16. The van der Waals surface area contributed by atoms with Crippen LogP contribution in [0.4, 0.5) is 0 Å². The molecule has 0 saturated carbocycles. The monoisotopic (exact) mass is 206 g/mol. The minimum Gasteiger partial charge on any atom is -0.508 e. The minimum absolute atomic E-state index is 0.0982. The summed E-state index contributed by atoms with van der Waals surface area (Å²) in [5, 5.41) is 9.70. The van der Waals surface area contributed by atoms with Crippen molar-refractivity contribution in [2.75, 3.05) is 0 Å². The lowest BCUT2D eigenvalue weighted by atomic mass is 9.84. The van der Waals surface area contributed by atoms with Crippen LogP contribution in [0.2, 0.25) is 0 Å². The first-order chi connectivity index (χ1) is 6.84. The average molecular weight is 206 g/mol. The topological polar surface area (TPSA) is 20.2 Å². The third kappa shape index (κ3) is 2.98. The molecule has 1 N–H and O–H groups in total. The van der Waals surface area contributed by atoms with Crippen molar-refractivity contribution < 1.29 is 5.11 Å². The van der Waals surface area contributed by atoms with Crippen molar-refractivity contribution in [3.05, 3.63) is 29.3 Å². The lowest BCUT2D eigenvalue weighted by Gasteiger charge is -2.21. The van der Waals surface area contributed by atoms with Gasteiger partial charge in [-0.1, -0.05) is 40.7 Å². The molecule has 1 aromatic rings. The van der Waals surface area contributed by atoms with Gasteiger partial charge in [-0.15, -0.1) is 0 Å². The van der Waals surface area contributed by atoms with Crippen LogP contribution in [0.25, 0.3) is 0 Å². The van der Waals surface area contributed by atoms with E-state index in [-0.39, 0.29) is 5.41 Å². The van der Waals surface area contributed by atoms with E-state index in [4.69, 9.17) is 0 Å². The Labute approximate surface area is 93.1 Å². The lowest BCUT2D eigenvalue weighted by molar-refractivity contribution is 0.469. The largest absolute Gasteiger partial charge is 0.508 e. The van der Waals surface area contributed by atoms with E-state index in [2.05, 4.69) is 40.7 Å². The highest BCUT2D eigenvalue weighted by Crippen LogP contribution is 2.30. The Morgan fingerprint density at radius 2 is 1.80 bits per heavy atom. The fourth-order valence-corrected chi connectivity index (χ4v) is 1.59. The number of phenols is 1. The van der Waals surface area contributed by atoms with Gasteiger partial charge < -0.3 is 5.11 Å². The Kier molecular flexibility index (Phi) is 3.43. The molecule has 15 heavy (non-hydrogen) atoms. The maximum atomic E-state index is 9.70. The molecule has 0 aromatic heterocycles. The van der Waals surface area contributed by atoms with Crippen LogP contribution in [0, 0.1) is 0 Å². The maximum absolute atomic E-state index is 9.70. The van der Waals surface area contributed by atoms with Crippen molar-refractivity contribution in [2.24, 2.45) is 0 Å². The number of phenolic OH excluding ortho intramolecular Hbond substituents is 1. The summed E-state index contributed by atoms with van der Waals surface area (Å²) in [6, 6.07) is 5.96. The molecule has 0 heterocycles. The summed E-state index contributed by atoms with van der Waals surface area (Å²) in [7, 11) is 0. The second-order valence-corrected chi connectivity index (χ2v) is 5.37. The zero-order chi connectivity index (χ0) is 11.6. The molecule has 1 heteroatoms. The standard InChI is InChI=1S/C14H22O/c1-6-10(2)11-7-12(14(3,4)5)9-13(15)8-11/h7-10,15H,6H2,1-5H3. The van der Waals surface area contributed by atoms with E-state index in [0.29, 0.717) is 11.7 Å².